The van der Waals surface area contributed by atoms with E-state index in [1.165, 1.54) is 96.3 Å². The van der Waals surface area contributed by atoms with Gasteiger partial charge in [0, 0.05) is 5.57 Å². The van der Waals surface area contributed by atoms with Crippen LogP contribution in [0.15, 0.2) is 11.0 Å². The van der Waals surface area contributed by atoms with Crippen LogP contribution in [-0.2, 0) is 23.7 Å². The number of rotatable bonds is 27. The molecule has 0 aliphatic carbocycles. The average molecular weight is 781 g/mol. The summed E-state index contributed by atoms with van der Waals surface area (Å²) in [5.74, 6) is 0.420. The van der Waals surface area contributed by atoms with E-state index in [0.29, 0.717) is 5.57 Å². The van der Waals surface area contributed by atoms with Crippen molar-refractivity contribution in [2.75, 3.05) is 32.1 Å². The normalized spacial score (nSPS) is 29.2. The lowest BCUT2D eigenvalue weighted by Crippen LogP contribution is -2.67. The summed E-state index contributed by atoms with van der Waals surface area (Å²) in [5, 5.41) is 77.3. The number of aliphatic hydroxyl groups excluding tert-OH is 7. The third-order valence-corrected chi connectivity index (χ3v) is 10.6. The molecule has 0 unspecified atom stereocenters. The van der Waals surface area contributed by atoms with Crippen molar-refractivity contribution >= 4 is 23.8 Å². The molecule has 0 radical (unpaired) electrons. The first-order valence-electron chi connectivity index (χ1n) is 19.6. The molecule has 2 heterocycles. The van der Waals surface area contributed by atoms with E-state index >= 15 is 0 Å². The van der Waals surface area contributed by atoms with Gasteiger partial charge in [0.1, 0.15) is 55.4 Å². The Labute approximate surface area is 319 Å². The first-order chi connectivity index (χ1) is 25.5. The molecule has 2 aliphatic heterocycles. The molecule has 16 heteroatoms. The highest BCUT2D eigenvalue weighted by atomic mass is 32.2. The lowest BCUT2D eigenvalue weighted by Gasteiger charge is -2.46. The zero-order valence-corrected chi connectivity index (χ0v) is 32.5. The lowest BCUT2D eigenvalue weighted by atomic mass is 9.96. The van der Waals surface area contributed by atoms with Crippen LogP contribution in [0.25, 0.3) is 0 Å². The summed E-state index contributed by atoms with van der Waals surface area (Å²) >= 11 is 1.58. The summed E-state index contributed by atoms with van der Waals surface area (Å²) < 4.78 is 21.5. The molecular weight excluding hydrogens is 712 g/mol. The fourth-order valence-corrected chi connectivity index (χ4v) is 7.11. The van der Waals surface area contributed by atoms with E-state index in [0.717, 1.165) is 12.2 Å². The van der Waals surface area contributed by atoms with Gasteiger partial charge in [-0.05, 0) is 24.5 Å². The maximum atomic E-state index is 12.4. The van der Waals surface area contributed by atoms with E-state index in [-0.39, 0.29) is 13.2 Å². The fourth-order valence-electron chi connectivity index (χ4n) is 6.28. The SMILES string of the molecule is CCCCCCCCCCCCCCCCCCS/C=C(\C)C(=O)OCCNC(=O)N[C@@H]1O[C@H](CO)[C@@H](O[C@@H]2O[C@H](CO)[C@@H](O)[C@H](O)[C@H]2O)[C@H](O)[C@H]1O. The smallest absolute Gasteiger partial charge is 0.334 e. The third-order valence-electron chi connectivity index (χ3n) is 9.60. The van der Waals surface area contributed by atoms with Crippen LogP contribution in [0.2, 0.25) is 0 Å². The molecule has 310 valence electrons. The molecule has 0 saturated carbocycles. The molecule has 10 atom stereocenters. The predicted molar refractivity (Wildman–Crippen MR) is 200 cm³/mol. The van der Waals surface area contributed by atoms with Crippen molar-refractivity contribution in [3.8, 4) is 0 Å². The van der Waals surface area contributed by atoms with Crippen molar-refractivity contribution in [2.24, 2.45) is 0 Å². The minimum Gasteiger partial charge on any atom is -0.460 e. The molecule has 2 rings (SSSR count). The number of carbonyl (C=O) groups excluding carboxylic acids is 2. The Balaban J connectivity index is 1.54. The number of nitrogens with one attached hydrogen (secondary N) is 2. The second-order valence-electron chi connectivity index (χ2n) is 14.1. The zero-order chi connectivity index (χ0) is 39.0. The Bertz CT molecular complexity index is 1020. The van der Waals surface area contributed by atoms with Crippen LogP contribution >= 0.6 is 11.8 Å². The quantitative estimate of drug-likeness (QED) is 0.0331. The van der Waals surface area contributed by atoms with Crippen LogP contribution in [0.4, 0.5) is 4.79 Å². The Morgan fingerprint density at radius 1 is 0.698 bits per heavy atom. The maximum Gasteiger partial charge on any atom is 0.334 e. The summed E-state index contributed by atoms with van der Waals surface area (Å²) in [6.07, 6.45) is 5.20. The Morgan fingerprint density at radius 3 is 1.79 bits per heavy atom. The van der Waals surface area contributed by atoms with Gasteiger partial charge in [0.25, 0.3) is 0 Å². The van der Waals surface area contributed by atoms with E-state index in [9.17, 15) is 45.3 Å². The van der Waals surface area contributed by atoms with Crippen molar-refractivity contribution in [3.05, 3.63) is 11.0 Å². The highest BCUT2D eigenvalue weighted by Crippen LogP contribution is 2.28. The number of hydrogen-bond acceptors (Lipinski definition) is 14. The fraction of sp³-hybridized carbons (Fsp3) is 0.892. The molecule has 9 N–H and O–H groups in total. The number of esters is 1. The van der Waals surface area contributed by atoms with Crippen molar-refractivity contribution in [1.82, 2.24) is 10.6 Å². The number of thioether (sulfide) groups is 1. The molecule has 2 fully saturated rings. The van der Waals surface area contributed by atoms with Crippen LogP contribution in [0.5, 0.6) is 0 Å². The zero-order valence-electron chi connectivity index (χ0n) is 31.7. The number of urea groups is 1. The van der Waals surface area contributed by atoms with E-state index in [1.807, 2.05) is 0 Å². The molecule has 2 aliphatic rings. The number of unbranched alkanes of at least 4 members (excludes halogenated alkanes) is 15. The third kappa shape index (κ3) is 17.8. The number of aliphatic hydroxyl groups is 7. The lowest BCUT2D eigenvalue weighted by molar-refractivity contribution is -0.342. The largest absolute Gasteiger partial charge is 0.460 e. The molecule has 0 aromatic heterocycles. The topological polar surface area (TPSA) is 237 Å². The standard InChI is InChI=1S/C37H68N2O13S/c1-3-4-5-6-7-8-9-10-11-12-13-14-15-16-17-18-21-53-24-25(2)35(47)49-20-19-38-37(48)39-34-31(45)30(44)33(27(23-41)50-34)52-36-32(46)29(43)28(42)26(22-40)51-36/h24,26-34,36,40-46H,3-23H2,1-2H3,(H2,38,39,48)/b25-24+/t26-,27-,28-,29+,30-,31-,32-,33-,34-,36+/m1/s1. The van der Waals surface area contributed by atoms with Gasteiger partial charge >= 0.3 is 12.0 Å². The number of hydrogen-bond donors (Lipinski definition) is 9. The van der Waals surface area contributed by atoms with Gasteiger partial charge in [-0.3, -0.25) is 0 Å². The van der Waals surface area contributed by atoms with Gasteiger partial charge in [-0.25, -0.2) is 9.59 Å². The Hall–Kier alpha value is -1.57. The van der Waals surface area contributed by atoms with Crippen LogP contribution in [0, 0.1) is 0 Å². The van der Waals surface area contributed by atoms with Crippen molar-refractivity contribution in [1.29, 1.82) is 0 Å². The van der Waals surface area contributed by atoms with E-state index in [4.69, 9.17) is 18.9 Å². The molecular formula is C37H68N2O13S. The van der Waals surface area contributed by atoms with Gasteiger partial charge in [-0.2, -0.15) is 0 Å². The molecule has 0 aromatic rings. The second-order valence-corrected chi connectivity index (χ2v) is 15.0. The number of carbonyl (C=O) groups is 2. The van der Waals surface area contributed by atoms with Gasteiger partial charge in [0.2, 0.25) is 0 Å². The van der Waals surface area contributed by atoms with Gasteiger partial charge in [0.15, 0.2) is 12.5 Å². The summed E-state index contributed by atoms with van der Waals surface area (Å²) in [4.78, 5) is 24.8. The van der Waals surface area contributed by atoms with Gasteiger partial charge in [-0.15, -0.1) is 11.8 Å². The first kappa shape index (κ1) is 47.6. The van der Waals surface area contributed by atoms with Crippen molar-refractivity contribution < 1.29 is 64.3 Å². The van der Waals surface area contributed by atoms with Crippen LogP contribution in [0.1, 0.15) is 117 Å². The van der Waals surface area contributed by atoms with E-state index in [1.54, 1.807) is 24.1 Å². The molecule has 0 spiro atoms. The highest BCUT2D eigenvalue weighted by Gasteiger charge is 2.50. The minimum atomic E-state index is -1.79. The van der Waals surface area contributed by atoms with Gasteiger partial charge < -0.3 is 65.3 Å². The van der Waals surface area contributed by atoms with E-state index in [2.05, 4.69) is 17.6 Å². The first-order valence-corrected chi connectivity index (χ1v) is 20.7. The van der Waals surface area contributed by atoms with Gasteiger partial charge in [0.05, 0.1) is 19.8 Å². The molecule has 0 aromatic carbocycles. The summed E-state index contributed by atoms with van der Waals surface area (Å²) in [6.45, 7) is 2.29. The highest BCUT2D eigenvalue weighted by molar-refractivity contribution is 8.02. The van der Waals surface area contributed by atoms with Gasteiger partial charge in [-0.1, -0.05) is 103 Å². The van der Waals surface area contributed by atoms with Crippen LogP contribution in [0.3, 0.4) is 0 Å². The summed E-state index contributed by atoms with van der Waals surface area (Å²) in [7, 11) is 0. The van der Waals surface area contributed by atoms with Crippen molar-refractivity contribution in [3.63, 3.8) is 0 Å². The second kappa shape index (κ2) is 27.9. The average Bonchev–Trinajstić information content (AvgIpc) is 3.15. The van der Waals surface area contributed by atoms with Crippen molar-refractivity contribution in [2.45, 2.75) is 178 Å². The summed E-state index contributed by atoms with van der Waals surface area (Å²) in [5.41, 5.74) is 0.458. The van der Waals surface area contributed by atoms with Crippen LogP contribution < -0.4 is 10.6 Å². The monoisotopic (exact) mass is 780 g/mol. The Kier molecular flexibility index (Phi) is 25.1. The molecule has 53 heavy (non-hydrogen) atoms. The number of ether oxygens (including phenoxy) is 4. The molecule has 2 amide bonds. The predicted octanol–water partition coefficient (Wildman–Crippen LogP) is 2.35. The van der Waals surface area contributed by atoms with E-state index < -0.39 is 86.6 Å². The molecule has 2 saturated heterocycles. The minimum absolute atomic E-state index is 0.0607. The maximum absolute atomic E-state index is 12.4. The number of amides is 2. The Morgan fingerprint density at radius 2 is 1.25 bits per heavy atom. The molecule has 0 bridgehead atoms. The van der Waals surface area contributed by atoms with Crippen LogP contribution in [-0.4, -0.2) is 141 Å². The summed E-state index contributed by atoms with van der Waals surface area (Å²) in [6, 6.07) is -0.816. The molecule has 15 nitrogen and oxygen atoms in total.